The molecule has 0 atom stereocenters. The minimum atomic E-state index is -0.116. The molecule has 9 rings (SSSR count). The molecule has 0 aliphatic carbocycles. The van der Waals surface area contributed by atoms with Crippen LogP contribution in [0.5, 0.6) is 0 Å². The number of fused-ring (bicyclic) bond motifs is 7. The molecule has 3 aromatic heterocycles. The van der Waals surface area contributed by atoms with E-state index in [4.69, 9.17) is 8.83 Å². The Balaban J connectivity index is 1.29. The molecule has 0 radical (unpaired) electrons. The SMILES string of the molecule is O=c1n(-c2ccccc2)c2ccccc2n1-c1ccc(-c2c3oc4ccccc4c3cc3c2oc2ccccc23)cc1. The second-order valence-electron chi connectivity index (χ2n) is 10.5. The third kappa shape index (κ3) is 3.16. The molecule has 0 saturated carbocycles. The van der Waals surface area contributed by atoms with Crippen LogP contribution in [0, 0.1) is 0 Å². The van der Waals surface area contributed by atoms with Gasteiger partial charge in [-0.2, -0.15) is 0 Å². The Morgan fingerprint density at radius 3 is 1.50 bits per heavy atom. The Morgan fingerprint density at radius 1 is 0.452 bits per heavy atom. The second kappa shape index (κ2) is 8.59. The molecule has 198 valence electrons. The van der Waals surface area contributed by atoms with Crippen molar-refractivity contribution in [1.29, 1.82) is 0 Å². The lowest BCUT2D eigenvalue weighted by Gasteiger charge is -2.08. The van der Waals surface area contributed by atoms with Gasteiger partial charge in [0.1, 0.15) is 22.3 Å². The van der Waals surface area contributed by atoms with E-state index in [0.29, 0.717) is 0 Å². The number of aromatic nitrogens is 2. The van der Waals surface area contributed by atoms with Gasteiger partial charge in [-0.3, -0.25) is 9.13 Å². The highest BCUT2D eigenvalue weighted by molar-refractivity contribution is 6.21. The summed E-state index contributed by atoms with van der Waals surface area (Å²) in [5, 5.41) is 4.23. The average molecular weight is 543 g/mol. The number of nitrogens with zero attached hydrogens (tertiary/aromatic N) is 2. The lowest BCUT2D eigenvalue weighted by atomic mass is 9.98. The minimum absolute atomic E-state index is 0.116. The van der Waals surface area contributed by atoms with Crippen LogP contribution in [0.3, 0.4) is 0 Å². The van der Waals surface area contributed by atoms with Crippen molar-refractivity contribution >= 4 is 54.9 Å². The summed E-state index contributed by atoms with van der Waals surface area (Å²) in [5.74, 6) is 0. The van der Waals surface area contributed by atoms with Gasteiger partial charge < -0.3 is 8.83 Å². The first-order valence-corrected chi connectivity index (χ1v) is 13.9. The molecular formula is C37H22N2O3. The van der Waals surface area contributed by atoms with Crippen LogP contribution >= 0.6 is 0 Å². The third-order valence-electron chi connectivity index (χ3n) is 8.19. The zero-order valence-electron chi connectivity index (χ0n) is 22.3. The summed E-state index contributed by atoms with van der Waals surface area (Å²) >= 11 is 0. The first-order valence-electron chi connectivity index (χ1n) is 13.9. The van der Waals surface area contributed by atoms with Gasteiger partial charge in [-0.15, -0.1) is 0 Å². The standard InChI is InChI=1S/C37H22N2O3/c40-37-38(24-10-2-1-3-11-24)30-14-6-7-15-31(30)39(37)25-20-18-23(19-21-25)34-35-28(26-12-4-8-16-32(26)41-35)22-29-27-13-5-9-17-33(27)42-36(29)34/h1-22H. The van der Waals surface area contributed by atoms with E-state index in [1.807, 2.05) is 115 Å². The maximum atomic E-state index is 13.9. The third-order valence-corrected chi connectivity index (χ3v) is 8.19. The van der Waals surface area contributed by atoms with Crippen molar-refractivity contribution in [3.05, 3.63) is 144 Å². The first-order chi connectivity index (χ1) is 20.8. The molecule has 0 fully saturated rings. The average Bonchev–Trinajstić information content (AvgIpc) is 3.69. The molecule has 42 heavy (non-hydrogen) atoms. The summed E-state index contributed by atoms with van der Waals surface area (Å²) < 4.78 is 16.5. The fraction of sp³-hybridized carbons (Fsp3) is 0. The molecule has 0 aliphatic rings. The molecule has 3 heterocycles. The van der Waals surface area contributed by atoms with E-state index in [0.717, 1.165) is 77.4 Å². The normalized spacial score (nSPS) is 11.9. The topological polar surface area (TPSA) is 53.2 Å². The van der Waals surface area contributed by atoms with Crippen LogP contribution in [0.1, 0.15) is 0 Å². The molecule has 0 bridgehead atoms. The number of benzene rings is 6. The van der Waals surface area contributed by atoms with Crippen LogP contribution in [0.25, 0.3) is 77.4 Å². The zero-order chi connectivity index (χ0) is 27.8. The molecule has 0 unspecified atom stereocenters. The van der Waals surface area contributed by atoms with Gasteiger partial charge in [0.05, 0.1) is 28.0 Å². The number of hydrogen-bond acceptors (Lipinski definition) is 3. The van der Waals surface area contributed by atoms with Crippen molar-refractivity contribution < 1.29 is 8.83 Å². The predicted molar refractivity (Wildman–Crippen MR) is 169 cm³/mol. The van der Waals surface area contributed by atoms with Gasteiger partial charge in [-0.05, 0) is 60.2 Å². The molecule has 0 amide bonds. The Bertz CT molecular complexity index is 2440. The molecule has 6 aromatic carbocycles. The highest BCUT2D eigenvalue weighted by atomic mass is 16.3. The maximum absolute atomic E-state index is 13.9. The predicted octanol–water partition coefficient (Wildman–Crippen LogP) is 9.25. The fourth-order valence-electron chi connectivity index (χ4n) is 6.30. The van der Waals surface area contributed by atoms with Crippen LogP contribution < -0.4 is 5.69 Å². The van der Waals surface area contributed by atoms with E-state index >= 15 is 0 Å². The van der Waals surface area contributed by atoms with Crippen LogP contribution in [-0.2, 0) is 0 Å². The van der Waals surface area contributed by atoms with Crippen molar-refractivity contribution in [3.63, 3.8) is 0 Å². The highest BCUT2D eigenvalue weighted by Gasteiger charge is 2.21. The van der Waals surface area contributed by atoms with Gasteiger partial charge in [0, 0.05) is 21.5 Å². The Labute approximate surface area is 239 Å². The lowest BCUT2D eigenvalue weighted by molar-refractivity contribution is 0.658. The molecule has 0 N–H and O–H groups in total. The maximum Gasteiger partial charge on any atom is 0.338 e. The summed E-state index contributed by atoms with van der Waals surface area (Å²) in [7, 11) is 0. The largest absolute Gasteiger partial charge is 0.455 e. The number of para-hydroxylation sites is 5. The van der Waals surface area contributed by atoms with E-state index in [1.165, 1.54) is 0 Å². The fourth-order valence-corrected chi connectivity index (χ4v) is 6.30. The van der Waals surface area contributed by atoms with Crippen molar-refractivity contribution in [3.8, 4) is 22.5 Å². The summed E-state index contributed by atoms with van der Waals surface area (Å²) in [6.45, 7) is 0. The Hall–Kier alpha value is -5.81. The van der Waals surface area contributed by atoms with Crippen molar-refractivity contribution in [2.75, 3.05) is 0 Å². The van der Waals surface area contributed by atoms with Gasteiger partial charge in [-0.25, -0.2) is 4.79 Å². The minimum Gasteiger partial charge on any atom is -0.455 e. The Morgan fingerprint density at radius 2 is 0.929 bits per heavy atom. The number of imidazole rings is 1. The molecular weight excluding hydrogens is 520 g/mol. The number of rotatable bonds is 3. The van der Waals surface area contributed by atoms with E-state index in [2.05, 4.69) is 18.2 Å². The second-order valence-corrected chi connectivity index (χ2v) is 10.5. The molecule has 0 saturated heterocycles. The summed E-state index contributed by atoms with van der Waals surface area (Å²) in [6.07, 6.45) is 0. The van der Waals surface area contributed by atoms with Crippen molar-refractivity contribution in [1.82, 2.24) is 9.13 Å². The number of furan rings is 2. The first kappa shape index (κ1) is 22.9. The van der Waals surface area contributed by atoms with Crippen LogP contribution in [0.2, 0.25) is 0 Å². The van der Waals surface area contributed by atoms with E-state index < -0.39 is 0 Å². The Kier molecular flexibility index (Phi) is 4.70. The quantitative estimate of drug-likeness (QED) is 0.224. The van der Waals surface area contributed by atoms with Gasteiger partial charge >= 0.3 is 5.69 Å². The summed E-state index contributed by atoms with van der Waals surface area (Å²) in [4.78, 5) is 13.9. The van der Waals surface area contributed by atoms with Crippen LogP contribution in [-0.4, -0.2) is 9.13 Å². The number of hydrogen-bond donors (Lipinski definition) is 0. The lowest BCUT2D eigenvalue weighted by Crippen LogP contribution is -2.22. The smallest absolute Gasteiger partial charge is 0.338 e. The molecule has 5 heteroatoms. The van der Waals surface area contributed by atoms with Crippen LogP contribution in [0.15, 0.2) is 147 Å². The molecule has 9 aromatic rings. The van der Waals surface area contributed by atoms with E-state index in [-0.39, 0.29) is 5.69 Å². The highest BCUT2D eigenvalue weighted by Crippen LogP contribution is 2.44. The zero-order valence-corrected chi connectivity index (χ0v) is 22.3. The van der Waals surface area contributed by atoms with E-state index in [9.17, 15) is 4.79 Å². The van der Waals surface area contributed by atoms with E-state index in [1.54, 1.807) is 9.13 Å². The van der Waals surface area contributed by atoms with Crippen molar-refractivity contribution in [2.24, 2.45) is 0 Å². The van der Waals surface area contributed by atoms with Crippen LogP contribution in [0.4, 0.5) is 0 Å². The molecule has 0 spiro atoms. The van der Waals surface area contributed by atoms with Gasteiger partial charge in [0.25, 0.3) is 0 Å². The van der Waals surface area contributed by atoms with Gasteiger partial charge in [0.15, 0.2) is 0 Å². The monoisotopic (exact) mass is 542 g/mol. The summed E-state index contributed by atoms with van der Waals surface area (Å²) in [5.41, 5.74) is 8.30. The van der Waals surface area contributed by atoms with Crippen molar-refractivity contribution in [2.45, 2.75) is 0 Å². The summed E-state index contributed by atoms with van der Waals surface area (Å²) in [6, 6.07) is 44.1. The molecule has 5 nitrogen and oxygen atoms in total. The van der Waals surface area contributed by atoms with Gasteiger partial charge in [0.2, 0.25) is 0 Å². The van der Waals surface area contributed by atoms with Gasteiger partial charge in [-0.1, -0.05) is 78.9 Å². The molecule has 0 aliphatic heterocycles.